The molecule has 0 fully saturated rings. The molecule has 0 aliphatic carbocycles. The van der Waals surface area contributed by atoms with Crippen LogP contribution < -0.4 is 5.43 Å². The summed E-state index contributed by atoms with van der Waals surface area (Å²) in [5, 5.41) is 5.82. The molecule has 102 valence electrons. The standard InChI is InChI=1S/C15H13BrN2OS/c16-13-7-5-12(6-8-13)3-1-9-17-18-15(19)11-14-4-2-10-20-14/h1-10H,11H2,(H,18,19)/b3-1+,17-9+. The summed E-state index contributed by atoms with van der Waals surface area (Å²) in [6.07, 6.45) is 5.63. The third kappa shape index (κ3) is 5.11. The molecule has 1 N–H and O–H groups in total. The molecule has 5 heteroatoms. The Labute approximate surface area is 130 Å². The van der Waals surface area contributed by atoms with E-state index in [-0.39, 0.29) is 5.91 Å². The number of carbonyl (C=O) groups excluding carboxylic acids is 1. The van der Waals surface area contributed by atoms with Crippen LogP contribution in [0.1, 0.15) is 10.4 Å². The Morgan fingerprint density at radius 1 is 1.30 bits per heavy atom. The van der Waals surface area contributed by atoms with Gasteiger partial charge < -0.3 is 0 Å². The number of benzene rings is 1. The molecule has 1 amide bonds. The van der Waals surface area contributed by atoms with Crippen LogP contribution in [0.5, 0.6) is 0 Å². The zero-order valence-electron chi connectivity index (χ0n) is 10.6. The van der Waals surface area contributed by atoms with E-state index in [0.717, 1.165) is 14.9 Å². The van der Waals surface area contributed by atoms with Crippen molar-refractivity contribution in [3.05, 3.63) is 62.8 Å². The van der Waals surface area contributed by atoms with Gasteiger partial charge in [-0.2, -0.15) is 5.10 Å². The molecule has 2 rings (SSSR count). The van der Waals surface area contributed by atoms with Crippen molar-refractivity contribution in [3.8, 4) is 0 Å². The maximum atomic E-state index is 11.5. The quantitative estimate of drug-likeness (QED) is 0.646. The lowest BCUT2D eigenvalue weighted by atomic mass is 10.2. The molecule has 20 heavy (non-hydrogen) atoms. The zero-order valence-corrected chi connectivity index (χ0v) is 13.0. The van der Waals surface area contributed by atoms with Crippen molar-refractivity contribution in [1.82, 2.24) is 5.43 Å². The molecule has 0 aliphatic rings. The molecule has 0 unspecified atom stereocenters. The minimum Gasteiger partial charge on any atom is -0.273 e. The number of nitrogens with one attached hydrogen (secondary N) is 1. The maximum absolute atomic E-state index is 11.5. The summed E-state index contributed by atoms with van der Waals surface area (Å²) >= 11 is 4.94. The van der Waals surface area contributed by atoms with E-state index >= 15 is 0 Å². The van der Waals surface area contributed by atoms with E-state index in [9.17, 15) is 4.79 Å². The fraction of sp³-hybridized carbons (Fsp3) is 0.0667. The van der Waals surface area contributed by atoms with E-state index in [1.54, 1.807) is 23.6 Å². The Kier molecular flexibility index (Phi) is 5.70. The highest BCUT2D eigenvalue weighted by Crippen LogP contribution is 2.11. The highest BCUT2D eigenvalue weighted by molar-refractivity contribution is 9.10. The van der Waals surface area contributed by atoms with Crippen LogP contribution in [-0.2, 0) is 11.2 Å². The van der Waals surface area contributed by atoms with Crippen molar-refractivity contribution in [3.63, 3.8) is 0 Å². The fourth-order valence-corrected chi connectivity index (χ4v) is 2.46. The number of hydrogen-bond acceptors (Lipinski definition) is 3. The van der Waals surface area contributed by atoms with E-state index in [1.807, 2.05) is 47.9 Å². The van der Waals surface area contributed by atoms with Gasteiger partial charge >= 0.3 is 0 Å². The Morgan fingerprint density at radius 3 is 2.80 bits per heavy atom. The second kappa shape index (κ2) is 7.77. The predicted molar refractivity (Wildman–Crippen MR) is 87.8 cm³/mol. The third-order valence-electron chi connectivity index (χ3n) is 2.42. The van der Waals surface area contributed by atoms with Gasteiger partial charge in [0.1, 0.15) is 0 Å². The lowest BCUT2D eigenvalue weighted by molar-refractivity contribution is -0.120. The minimum absolute atomic E-state index is 0.110. The molecule has 1 heterocycles. The van der Waals surface area contributed by atoms with Crippen molar-refractivity contribution in [1.29, 1.82) is 0 Å². The van der Waals surface area contributed by atoms with E-state index in [0.29, 0.717) is 6.42 Å². The van der Waals surface area contributed by atoms with Crippen LogP contribution in [0.2, 0.25) is 0 Å². The number of nitrogens with zero attached hydrogens (tertiary/aromatic N) is 1. The first kappa shape index (κ1) is 14.7. The smallest absolute Gasteiger partial charge is 0.245 e. The van der Waals surface area contributed by atoms with Crippen LogP contribution in [0.4, 0.5) is 0 Å². The number of carbonyl (C=O) groups is 1. The number of amides is 1. The molecule has 0 saturated heterocycles. The van der Waals surface area contributed by atoms with Crippen LogP contribution in [0, 0.1) is 0 Å². The van der Waals surface area contributed by atoms with Crippen molar-refractivity contribution in [2.75, 3.05) is 0 Å². The van der Waals surface area contributed by atoms with E-state index in [4.69, 9.17) is 0 Å². The second-order valence-corrected chi connectivity index (χ2v) is 5.93. The van der Waals surface area contributed by atoms with E-state index in [2.05, 4.69) is 26.5 Å². The number of thiophene rings is 1. The van der Waals surface area contributed by atoms with Crippen molar-refractivity contribution < 1.29 is 4.79 Å². The highest BCUT2D eigenvalue weighted by Gasteiger charge is 2.01. The van der Waals surface area contributed by atoms with E-state index < -0.39 is 0 Å². The minimum atomic E-state index is -0.110. The average Bonchev–Trinajstić information content (AvgIpc) is 2.93. The SMILES string of the molecule is O=C(Cc1cccs1)N/N=C/C=C/c1ccc(Br)cc1. The molecular weight excluding hydrogens is 336 g/mol. The van der Waals surface area contributed by atoms with Gasteiger partial charge in [0.15, 0.2) is 0 Å². The van der Waals surface area contributed by atoms with Crippen molar-refractivity contribution >= 4 is 45.5 Å². The van der Waals surface area contributed by atoms with Crippen LogP contribution in [0.25, 0.3) is 6.08 Å². The fourth-order valence-electron chi connectivity index (χ4n) is 1.49. The van der Waals surface area contributed by atoms with Crippen molar-refractivity contribution in [2.45, 2.75) is 6.42 Å². The number of rotatable bonds is 5. The van der Waals surface area contributed by atoms with Gasteiger partial charge in [-0.25, -0.2) is 5.43 Å². The topological polar surface area (TPSA) is 41.5 Å². The number of halogens is 1. The molecule has 0 saturated carbocycles. The van der Waals surface area contributed by atoms with Gasteiger partial charge in [0.25, 0.3) is 0 Å². The first-order valence-electron chi connectivity index (χ1n) is 6.00. The molecule has 0 radical (unpaired) electrons. The lowest BCUT2D eigenvalue weighted by Crippen LogP contribution is -2.18. The van der Waals surface area contributed by atoms with Gasteiger partial charge in [0, 0.05) is 15.6 Å². The van der Waals surface area contributed by atoms with Gasteiger partial charge in [0.2, 0.25) is 5.91 Å². The molecule has 1 aromatic heterocycles. The summed E-state index contributed by atoms with van der Waals surface area (Å²) in [4.78, 5) is 12.6. The van der Waals surface area contributed by atoms with Gasteiger partial charge in [-0.3, -0.25) is 4.79 Å². The molecule has 3 nitrogen and oxygen atoms in total. The second-order valence-electron chi connectivity index (χ2n) is 3.98. The lowest BCUT2D eigenvalue weighted by Gasteiger charge is -1.96. The molecule has 0 atom stereocenters. The monoisotopic (exact) mass is 348 g/mol. The van der Waals surface area contributed by atoms with E-state index in [1.165, 1.54) is 0 Å². The predicted octanol–water partition coefficient (Wildman–Crippen LogP) is 3.87. The summed E-state index contributed by atoms with van der Waals surface area (Å²) in [6.45, 7) is 0. The van der Waals surface area contributed by atoms with Gasteiger partial charge in [-0.05, 0) is 35.2 Å². The summed E-state index contributed by atoms with van der Waals surface area (Å²) in [5.41, 5.74) is 3.57. The van der Waals surface area contributed by atoms with Crippen LogP contribution in [0.3, 0.4) is 0 Å². The molecule has 0 spiro atoms. The molecule has 2 aromatic rings. The zero-order chi connectivity index (χ0) is 14.2. The molecule has 1 aromatic carbocycles. The largest absolute Gasteiger partial charge is 0.273 e. The summed E-state index contributed by atoms with van der Waals surface area (Å²) in [7, 11) is 0. The Hall–Kier alpha value is -1.72. The van der Waals surface area contributed by atoms with Gasteiger partial charge in [-0.15, -0.1) is 11.3 Å². The number of allylic oxidation sites excluding steroid dienone is 1. The molecule has 0 aliphatic heterocycles. The highest BCUT2D eigenvalue weighted by atomic mass is 79.9. The third-order valence-corrected chi connectivity index (χ3v) is 3.83. The number of hydrogen-bond donors (Lipinski definition) is 1. The normalized spacial score (nSPS) is 11.2. The summed E-state index contributed by atoms with van der Waals surface area (Å²) in [5.74, 6) is -0.110. The van der Waals surface area contributed by atoms with Gasteiger partial charge in [0.05, 0.1) is 6.42 Å². The first-order chi connectivity index (χ1) is 9.74. The van der Waals surface area contributed by atoms with Crippen LogP contribution in [-0.4, -0.2) is 12.1 Å². The van der Waals surface area contributed by atoms with Crippen LogP contribution >= 0.6 is 27.3 Å². The van der Waals surface area contributed by atoms with Crippen molar-refractivity contribution in [2.24, 2.45) is 5.10 Å². The number of hydrazone groups is 1. The Bertz CT molecular complexity index is 603. The molecule has 0 bridgehead atoms. The summed E-state index contributed by atoms with van der Waals surface area (Å²) < 4.78 is 1.05. The average molecular weight is 349 g/mol. The summed E-state index contributed by atoms with van der Waals surface area (Å²) in [6, 6.07) is 11.8. The van der Waals surface area contributed by atoms with Crippen LogP contribution in [0.15, 0.2) is 57.4 Å². The first-order valence-corrected chi connectivity index (χ1v) is 7.68. The Balaban J connectivity index is 1.76. The van der Waals surface area contributed by atoms with Gasteiger partial charge in [-0.1, -0.05) is 40.2 Å². The Morgan fingerprint density at radius 2 is 2.10 bits per heavy atom. The maximum Gasteiger partial charge on any atom is 0.245 e. The molecular formula is C15H13BrN2OS.